The van der Waals surface area contributed by atoms with Crippen molar-refractivity contribution in [1.82, 2.24) is 20.8 Å². The second-order valence-electron chi connectivity index (χ2n) is 6.93. The van der Waals surface area contributed by atoms with Gasteiger partial charge in [0.2, 0.25) is 17.6 Å². The third kappa shape index (κ3) is 4.03. The molecule has 2 fully saturated rings. The Kier molecular flexibility index (Phi) is 5.85. The van der Waals surface area contributed by atoms with Crippen LogP contribution in [0.1, 0.15) is 25.2 Å². The van der Waals surface area contributed by atoms with Gasteiger partial charge in [0, 0.05) is 29.5 Å². The maximum absolute atomic E-state index is 12.3. The highest BCUT2D eigenvalue weighted by Gasteiger charge is 2.57. The smallest absolute Gasteiger partial charge is 0.228 e. The van der Waals surface area contributed by atoms with Gasteiger partial charge in [0.1, 0.15) is 0 Å². The number of hydrogen-bond donors (Lipinski definition) is 2. The molecule has 2 aromatic rings. The first-order valence-corrected chi connectivity index (χ1v) is 9.11. The highest BCUT2D eigenvalue weighted by molar-refractivity contribution is 6.30. The average Bonchev–Trinajstić information content (AvgIpc) is 3.10. The molecule has 1 aliphatic carbocycles. The molecule has 1 aromatic carbocycles. The Balaban J connectivity index is 0.00000196. The van der Waals surface area contributed by atoms with Crippen molar-refractivity contribution >= 4 is 29.9 Å². The van der Waals surface area contributed by atoms with Crippen LogP contribution in [0.25, 0.3) is 11.4 Å². The van der Waals surface area contributed by atoms with Crippen molar-refractivity contribution in [2.45, 2.75) is 25.7 Å². The number of rotatable bonds is 5. The summed E-state index contributed by atoms with van der Waals surface area (Å²) < 4.78 is 5.26. The third-order valence-electron chi connectivity index (χ3n) is 5.31. The lowest BCUT2D eigenvalue weighted by Gasteiger charge is -2.23. The van der Waals surface area contributed by atoms with E-state index in [0.29, 0.717) is 29.7 Å². The fourth-order valence-electron chi connectivity index (χ4n) is 3.68. The van der Waals surface area contributed by atoms with Crippen molar-refractivity contribution < 1.29 is 9.32 Å². The van der Waals surface area contributed by atoms with Crippen molar-refractivity contribution in [2.75, 3.05) is 19.6 Å². The molecule has 1 saturated heterocycles. The van der Waals surface area contributed by atoms with E-state index in [1.54, 1.807) is 12.1 Å². The molecule has 1 amide bonds. The van der Waals surface area contributed by atoms with Crippen molar-refractivity contribution in [1.29, 1.82) is 0 Å². The predicted molar refractivity (Wildman–Crippen MR) is 101 cm³/mol. The normalized spacial score (nSPS) is 20.4. The van der Waals surface area contributed by atoms with Crippen LogP contribution in [0.4, 0.5) is 0 Å². The molecule has 1 unspecified atom stereocenters. The van der Waals surface area contributed by atoms with Crippen LogP contribution in [-0.2, 0) is 11.2 Å². The van der Waals surface area contributed by atoms with Gasteiger partial charge in [-0.25, -0.2) is 0 Å². The van der Waals surface area contributed by atoms with Crippen LogP contribution < -0.4 is 10.6 Å². The van der Waals surface area contributed by atoms with E-state index in [9.17, 15) is 4.79 Å². The summed E-state index contributed by atoms with van der Waals surface area (Å²) >= 11 is 5.88. The van der Waals surface area contributed by atoms with E-state index in [1.807, 2.05) is 12.1 Å². The van der Waals surface area contributed by atoms with E-state index >= 15 is 0 Å². The van der Waals surface area contributed by atoms with Crippen LogP contribution in [0.5, 0.6) is 0 Å². The quantitative estimate of drug-likeness (QED) is 0.811. The van der Waals surface area contributed by atoms with Gasteiger partial charge in [-0.1, -0.05) is 16.8 Å². The lowest BCUT2D eigenvalue weighted by molar-refractivity contribution is -0.123. The summed E-state index contributed by atoms with van der Waals surface area (Å²) in [7, 11) is 0. The molecule has 0 bridgehead atoms. The summed E-state index contributed by atoms with van der Waals surface area (Å²) in [4.78, 5) is 16.7. The molecule has 6 nitrogen and oxygen atoms in total. The van der Waals surface area contributed by atoms with Crippen LogP contribution in [-0.4, -0.2) is 35.7 Å². The summed E-state index contributed by atoms with van der Waals surface area (Å²) in [5.74, 6) is 1.41. The fraction of sp³-hybridized carbons (Fsp3) is 0.500. The Hall–Kier alpha value is -1.63. The highest BCUT2D eigenvalue weighted by atomic mass is 35.5. The Morgan fingerprint density at radius 1 is 1.31 bits per heavy atom. The maximum atomic E-state index is 12.3. The number of nitrogens with zero attached hydrogens (tertiary/aromatic N) is 2. The minimum absolute atomic E-state index is 0. The van der Waals surface area contributed by atoms with Gasteiger partial charge >= 0.3 is 0 Å². The lowest BCUT2D eigenvalue weighted by Crippen LogP contribution is -2.34. The Bertz CT molecular complexity index is 757. The molecule has 8 heteroatoms. The largest absolute Gasteiger partial charge is 0.355 e. The van der Waals surface area contributed by atoms with E-state index in [2.05, 4.69) is 20.8 Å². The van der Waals surface area contributed by atoms with E-state index in [4.69, 9.17) is 16.1 Å². The molecule has 1 atom stereocenters. The predicted octanol–water partition coefficient (Wildman–Crippen LogP) is 2.86. The number of carbonyl (C=O) groups excluding carboxylic acids is 1. The number of hydrogen-bond acceptors (Lipinski definition) is 5. The Morgan fingerprint density at radius 2 is 2.04 bits per heavy atom. The number of nitrogens with one attached hydrogen (secondary N) is 2. The van der Waals surface area contributed by atoms with Gasteiger partial charge in [-0.15, -0.1) is 12.4 Å². The van der Waals surface area contributed by atoms with Crippen molar-refractivity contribution in [3.8, 4) is 11.4 Å². The number of carbonyl (C=O) groups is 1. The first-order chi connectivity index (χ1) is 12.2. The molecular formula is C18H22Cl2N4O2. The van der Waals surface area contributed by atoms with Gasteiger partial charge in [-0.3, -0.25) is 4.79 Å². The Labute approximate surface area is 163 Å². The van der Waals surface area contributed by atoms with Gasteiger partial charge in [0.15, 0.2) is 0 Å². The monoisotopic (exact) mass is 396 g/mol. The maximum Gasteiger partial charge on any atom is 0.228 e. The molecule has 0 radical (unpaired) electrons. The topological polar surface area (TPSA) is 80.1 Å². The van der Waals surface area contributed by atoms with E-state index in [0.717, 1.165) is 37.9 Å². The summed E-state index contributed by atoms with van der Waals surface area (Å²) in [5.41, 5.74) is 1.12. The van der Waals surface area contributed by atoms with Gasteiger partial charge < -0.3 is 15.2 Å². The van der Waals surface area contributed by atoms with Crippen molar-refractivity contribution in [3.63, 3.8) is 0 Å². The summed E-state index contributed by atoms with van der Waals surface area (Å²) in [6, 6.07) is 7.29. The molecule has 2 heterocycles. The molecule has 1 aliphatic heterocycles. The van der Waals surface area contributed by atoms with Crippen LogP contribution in [0, 0.1) is 11.3 Å². The number of amides is 1. The lowest BCUT2D eigenvalue weighted by atomic mass is 9.92. The second kappa shape index (κ2) is 7.94. The SMILES string of the molecule is Cl.O=C(NCCc1nc(-c2ccc(Cl)cc2)no1)C1CC12CCNCC2. The molecular weight excluding hydrogens is 375 g/mol. The number of benzene rings is 1. The van der Waals surface area contributed by atoms with Gasteiger partial charge in [-0.2, -0.15) is 4.98 Å². The zero-order valence-corrected chi connectivity index (χ0v) is 15.9. The minimum Gasteiger partial charge on any atom is -0.355 e. The number of halogens is 2. The van der Waals surface area contributed by atoms with Gasteiger partial charge in [-0.05, 0) is 62.0 Å². The molecule has 2 N–H and O–H groups in total. The molecule has 1 saturated carbocycles. The van der Waals surface area contributed by atoms with Crippen LogP contribution in [0.3, 0.4) is 0 Å². The van der Waals surface area contributed by atoms with Gasteiger partial charge in [0.05, 0.1) is 0 Å². The number of aromatic nitrogens is 2. The van der Waals surface area contributed by atoms with Crippen molar-refractivity contribution in [2.24, 2.45) is 11.3 Å². The molecule has 140 valence electrons. The van der Waals surface area contributed by atoms with Crippen LogP contribution in [0.2, 0.25) is 5.02 Å². The average molecular weight is 397 g/mol. The fourth-order valence-corrected chi connectivity index (χ4v) is 3.81. The first kappa shape index (κ1) is 19.1. The van der Waals surface area contributed by atoms with E-state index in [-0.39, 0.29) is 29.6 Å². The zero-order chi connectivity index (χ0) is 17.3. The number of piperidine rings is 1. The standard InChI is InChI=1S/C18H21ClN4O2.ClH/c19-13-3-1-12(2-4-13)16-22-15(25-23-16)5-8-21-17(24)14-11-18(14)6-9-20-10-7-18;/h1-4,14,20H,5-11H2,(H,21,24);1H. The summed E-state index contributed by atoms with van der Waals surface area (Å²) in [6.45, 7) is 2.57. The Morgan fingerprint density at radius 3 is 2.77 bits per heavy atom. The molecule has 2 aliphatic rings. The van der Waals surface area contributed by atoms with Crippen molar-refractivity contribution in [3.05, 3.63) is 35.2 Å². The highest BCUT2D eigenvalue weighted by Crippen LogP contribution is 2.58. The van der Waals surface area contributed by atoms with E-state index < -0.39 is 0 Å². The summed E-state index contributed by atoms with van der Waals surface area (Å²) in [6.07, 6.45) is 3.79. The molecule has 1 spiro atoms. The first-order valence-electron chi connectivity index (χ1n) is 8.73. The van der Waals surface area contributed by atoms with Gasteiger partial charge in [0.25, 0.3) is 0 Å². The van der Waals surface area contributed by atoms with Crippen LogP contribution >= 0.6 is 24.0 Å². The summed E-state index contributed by atoms with van der Waals surface area (Å²) in [5, 5.41) is 11.0. The third-order valence-corrected chi connectivity index (χ3v) is 5.57. The van der Waals surface area contributed by atoms with Crippen LogP contribution in [0.15, 0.2) is 28.8 Å². The molecule has 1 aromatic heterocycles. The minimum atomic E-state index is 0. The molecule has 26 heavy (non-hydrogen) atoms. The zero-order valence-electron chi connectivity index (χ0n) is 14.3. The van der Waals surface area contributed by atoms with E-state index in [1.165, 1.54) is 0 Å². The second-order valence-corrected chi connectivity index (χ2v) is 7.37. The molecule has 4 rings (SSSR count).